The molecule has 1 saturated carbocycles. The second-order valence-electron chi connectivity index (χ2n) is 9.47. The van der Waals surface area contributed by atoms with Gasteiger partial charge in [0.2, 0.25) is 0 Å². The van der Waals surface area contributed by atoms with Crippen LogP contribution in [0.25, 0.3) is 21.9 Å². The van der Waals surface area contributed by atoms with Gasteiger partial charge in [0.05, 0.1) is 27.5 Å². The third kappa shape index (κ3) is 3.63. The third-order valence-corrected chi connectivity index (χ3v) is 8.87. The highest BCUT2D eigenvalue weighted by Crippen LogP contribution is 2.50. The first-order valence-electron chi connectivity index (χ1n) is 11.2. The van der Waals surface area contributed by atoms with E-state index >= 15 is 0 Å². The Balaban J connectivity index is 1.23. The molecule has 0 bridgehead atoms. The van der Waals surface area contributed by atoms with Crippen LogP contribution in [0.15, 0.2) is 47.3 Å². The maximum atomic E-state index is 11.1. The van der Waals surface area contributed by atoms with Crippen LogP contribution in [-0.4, -0.2) is 54.5 Å². The summed E-state index contributed by atoms with van der Waals surface area (Å²) in [4.78, 5) is 12.9. The molecule has 176 valence electrons. The van der Waals surface area contributed by atoms with Gasteiger partial charge in [-0.1, -0.05) is 35.3 Å². The monoisotopic (exact) mass is 561 g/mol. The van der Waals surface area contributed by atoms with Gasteiger partial charge in [0, 0.05) is 29.6 Å². The van der Waals surface area contributed by atoms with Crippen LogP contribution in [0.5, 0.6) is 0 Å². The Morgan fingerprint density at radius 2 is 1.97 bits per heavy atom. The van der Waals surface area contributed by atoms with Crippen molar-refractivity contribution in [3.63, 3.8) is 0 Å². The lowest BCUT2D eigenvalue weighted by Gasteiger charge is -2.27. The van der Waals surface area contributed by atoms with E-state index < -0.39 is 17.6 Å². The van der Waals surface area contributed by atoms with Gasteiger partial charge in [-0.3, -0.25) is 0 Å². The van der Waals surface area contributed by atoms with Crippen molar-refractivity contribution in [3.8, 4) is 0 Å². The van der Waals surface area contributed by atoms with Crippen molar-refractivity contribution in [2.75, 3.05) is 6.54 Å². The summed E-state index contributed by atoms with van der Waals surface area (Å²) < 4.78 is 2.71. The predicted octanol–water partition coefficient (Wildman–Crippen LogP) is 4.31. The molecular weight excluding hydrogens is 541 g/mol. The molecular formula is C24H22BrCl2N5O2. The number of aliphatic hydroxyl groups excluding tert-OH is 2. The van der Waals surface area contributed by atoms with Crippen molar-refractivity contribution in [1.29, 1.82) is 0 Å². The minimum Gasteiger partial charge on any atom is -0.390 e. The first kappa shape index (κ1) is 22.6. The highest BCUT2D eigenvalue weighted by Gasteiger charge is 2.56. The number of pyridine rings is 1. The molecule has 3 aromatic heterocycles. The standard InChI is InChI=1S/C24H22BrCl2N5O2/c25-16-7-13-2-1-12(6-17(13)31-22(16)27)5-14-8-24(10-28-14)9-18(19(33)20(24)34)32-4-3-15-21(26)29-11-30-23(15)32/h1-4,6-7,11,14,18-20,28,33-34H,5,8-10H2/t14-,18+,19-,20-,24-/m0/s1. The van der Waals surface area contributed by atoms with Gasteiger partial charge in [-0.25, -0.2) is 15.0 Å². The predicted molar refractivity (Wildman–Crippen MR) is 135 cm³/mol. The quantitative estimate of drug-likeness (QED) is 0.254. The molecule has 6 rings (SSSR count). The molecule has 0 radical (unpaired) electrons. The fraction of sp³-hybridized carbons (Fsp3) is 0.375. The minimum absolute atomic E-state index is 0.183. The molecule has 34 heavy (non-hydrogen) atoms. The molecule has 1 aromatic carbocycles. The summed E-state index contributed by atoms with van der Waals surface area (Å²) in [5, 5.41) is 28.3. The zero-order chi connectivity index (χ0) is 23.6. The van der Waals surface area contributed by atoms with Gasteiger partial charge >= 0.3 is 0 Å². The summed E-state index contributed by atoms with van der Waals surface area (Å²) in [5.74, 6) is 0. The topological polar surface area (TPSA) is 96.1 Å². The zero-order valence-electron chi connectivity index (χ0n) is 18.0. The van der Waals surface area contributed by atoms with Gasteiger partial charge in [-0.05, 0) is 59.0 Å². The number of hydrogen-bond donors (Lipinski definition) is 3. The van der Waals surface area contributed by atoms with E-state index in [2.05, 4.69) is 54.4 Å². The number of nitrogens with one attached hydrogen (secondary N) is 1. The summed E-state index contributed by atoms with van der Waals surface area (Å²) >= 11 is 15.8. The average molecular weight is 563 g/mol. The van der Waals surface area contributed by atoms with E-state index in [1.54, 1.807) is 0 Å². The van der Waals surface area contributed by atoms with E-state index in [9.17, 15) is 10.2 Å². The van der Waals surface area contributed by atoms with Crippen LogP contribution < -0.4 is 5.32 Å². The molecule has 0 unspecified atom stereocenters. The Morgan fingerprint density at radius 1 is 1.12 bits per heavy atom. The maximum absolute atomic E-state index is 11.1. The van der Waals surface area contributed by atoms with Crippen LogP contribution in [-0.2, 0) is 6.42 Å². The van der Waals surface area contributed by atoms with Crippen LogP contribution in [0.4, 0.5) is 0 Å². The number of nitrogens with zero attached hydrogens (tertiary/aromatic N) is 4. The molecule has 4 aromatic rings. The molecule has 1 aliphatic heterocycles. The largest absolute Gasteiger partial charge is 0.390 e. The van der Waals surface area contributed by atoms with Crippen molar-refractivity contribution in [3.05, 3.63) is 63.2 Å². The number of aromatic nitrogens is 4. The number of rotatable bonds is 3. The lowest BCUT2D eigenvalue weighted by molar-refractivity contribution is -0.0217. The van der Waals surface area contributed by atoms with E-state index in [1.165, 1.54) is 6.33 Å². The molecule has 4 heterocycles. The number of halogens is 3. The Morgan fingerprint density at radius 3 is 2.82 bits per heavy atom. The van der Waals surface area contributed by atoms with Crippen molar-refractivity contribution >= 4 is 61.1 Å². The lowest BCUT2D eigenvalue weighted by Crippen LogP contribution is -2.38. The zero-order valence-corrected chi connectivity index (χ0v) is 21.1. The van der Waals surface area contributed by atoms with Gasteiger partial charge in [-0.2, -0.15) is 0 Å². The number of aliphatic hydroxyl groups is 2. The highest BCUT2D eigenvalue weighted by atomic mass is 79.9. The minimum atomic E-state index is -0.893. The van der Waals surface area contributed by atoms with Crippen LogP contribution in [0, 0.1) is 5.41 Å². The van der Waals surface area contributed by atoms with E-state index in [1.807, 2.05) is 22.9 Å². The van der Waals surface area contributed by atoms with Crippen molar-refractivity contribution in [2.24, 2.45) is 5.41 Å². The summed E-state index contributed by atoms with van der Waals surface area (Å²) in [6, 6.07) is 9.95. The van der Waals surface area contributed by atoms with E-state index in [0.29, 0.717) is 28.9 Å². The summed E-state index contributed by atoms with van der Waals surface area (Å²) in [6.07, 6.45) is 3.78. The van der Waals surface area contributed by atoms with Crippen molar-refractivity contribution in [1.82, 2.24) is 24.8 Å². The van der Waals surface area contributed by atoms with Crippen LogP contribution in [0.3, 0.4) is 0 Å². The summed E-state index contributed by atoms with van der Waals surface area (Å²) in [7, 11) is 0. The van der Waals surface area contributed by atoms with Crippen molar-refractivity contribution in [2.45, 2.75) is 43.6 Å². The highest BCUT2D eigenvalue weighted by molar-refractivity contribution is 9.10. The van der Waals surface area contributed by atoms with Gasteiger partial charge < -0.3 is 20.1 Å². The Labute approximate surface area is 214 Å². The second kappa shape index (κ2) is 8.40. The Bertz CT molecular complexity index is 1420. The smallest absolute Gasteiger partial charge is 0.145 e. The maximum Gasteiger partial charge on any atom is 0.145 e. The molecule has 1 spiro atoms. The lowest BCUT2D eigenvalue weighted by atomic mass is 9.80. The molecule has 5 atom stereocenters. The SMILES string of the molecule is O[C@H]1[C@H](n2ccc3c(Cl)ncnc32)C[C@@]2(CN[C@@H](Cc3ccc4cc(Br)c(Cl)nc4c3)C2)[C@H]1O. The van der Waals surface area contributed by atoms with Crippen LogP contribution >= 0.6 is 39.1 Å². The first-order valence-corrected chi connectivity index (χ1v) is 12.7. The van der Waals surface area contributed by atoms with Gasteiger partial charge in [-0.15, -0.1) is 0 Å². The fourth-order valence-corrected chi connectivity index (χ4v) is 6.46. The summed E-state index contributed by atoms with van der Waals surface area (Å²) in [6.45, 7) is 0.645. The van der Waals surface area contributed by atoms with Gasteiger partial charge in [0.15, 0.2) is 0 Å². The van der Waals surface area contributed by atoms with Crippen LogP contribution in [0.1, 0.15) is 24.4 Å². The molecule has 7 nitrogen and oxygen atoms in total. The Hall–Kier alpha value is -1.81. The molecule has 2 fully saturated rings. The fourth-order valence-electron chi connectivity index (χ4n) is 5.78. The van der Waals surface area contributed by atoms with E-state index in [-0.39, 0.29) is 12.1 Å². The normalized spacial score (nSPS) is 29.1. The van der Waals surface area contributed by atoms with Crippen molar-refractivity contribution < 1.29 is 10.2 Å². The van der Waals surface area contributed by atoms with Gasteiger partial charge in [0.1, 0.15) is 28.4 Å². The average Bonchev–Trinajstić information content (AvgIpc) is 3.49. The van der Waals surface area contributed by atoms with Gasteiger partial charge in [0.25, 0.3) is 0 Å². The molecule has 1 saturated heterocycles. The molecule has 0 amide bonds. The molecule has 3 N–H and O–H groups in total. The number of fused-ring (bicyclic) bond motifs is 2. The first-order chi connectivity index (χ1) is 16.3. The third-order valence-electron chi connectivity index (χ3n) is 7.45. The molecule has 2 aliphatic rings. The van der Waals surface area contributed by atoms with E-state index in [4.69, 9.17) is 23.2 Å². The van der Waals surface area contributed by atoms with Crippen LogP contribution in [0.2, 0.25) is 10.3 Å². The molecule has 10 heteroatoms. The Kier molecular flexibility index (Phi) is 5.59. The number of hydrogen-bond acceptors (Lipinski definition) is 6. The molecule has 1 aliphatic carbocycles. The van der Waals surface area contributed by atoms with E-state index in [0.717, 1.165) is 39.2 Å². The summed E-state index contributed by atoms with van der Waals surface area (Å²) in [5.41, 5.74) is 2.27. The number of benzene rings is 1. The second-order valence-corrected chi connectivity index (χ2v) is 11.0.